The number of nitrogens with zero attached hydrogens (tertiary/aromatic N) is 1. The number of hydrogen-bond donors (Lipinski definition) is 0. The molecule has 0 saturated carbocycles. The van der Waals surface area contributed by atoms with Crippen LogP contribution in [0.1, 0.15) is 27.2 Å². The average Bonchev–Trinajstić information content (AvgIpc) is 1.94. The Morgan fingerprint density at radius 2 is 2.00 bits per heavy atom. The van der Waals surface area contributed by atoms with Crippen molar-refractivity contribution in [2.75, 3.05) is 13.1 Å². The number of piperidine rings is 1. The van der Waals surface area contributed by atoms with Crippen molar-refractivity contribution in [3.8, 4) is 0 Å². The van der Waals surface area contributed by atoms with Gasteiger partial charge in [0.15, 0.2) is 0 Å². The normalized spacial score (nSPS) is 32.1. The van der Waals surface area contributed by atoms with Crippen LogP contribution in [0.3, 0.4) is 0 Å². The summed E-state index contributed by atoms with van der Waals surface area (Å²) in [7, 11) is 0. The Balaban J connectivity index is 2.46. The highest BCUT2D eigenvalue weighted by Crippen LogP contribution is 2.21. The fourth-order valence-electron chi connectivity index (χ4n) is 1.55. The summed E-state index contributed by atoms with van der Waals surface area (Å²) < 4.78 is 0. The smallest absolute Gasteiger partial charge is 0.219 e. The van der Waals surface area contributed by atoms with E-state index in [2.05, 4.69) is 13.8 Å². The van der Waals surface area contributed by atoms with Gasteiger partial charge >= 0.3 is 0 Å². The molecule has 0 aromatic rings. The predicted octanol–water partition coefficient (Wildman–Crippen LogP) is 1.51. The van der Waals surface area contributed by atoms with Gasteiger partial charge in [0.25, 0.3) is 0 Å². The zero-order valence-electron chi connectivity index (χ0n) is 7.63. The van der Waals surface area contributed by atoms with Crippen LogP contribution in [0.2, 0.25) is 0 Å². The van der Waals surface area contributed by atoms with Crippen molar-refractivity contribution in [3.63, 3.8) is 0 Å². The third kappa shape index (κ3) is 1.95. The first kappa shape index (κ1) is 8.57. The van der Waals surface area contributed by atoms with E-state index in [9.17, 15) is 4.79 Å². The first-order chi connectivity index (χ1) is 5.11. The molecule has 2 heteroatoms. The second-order valence-electron chi connectivity index (χ2n) is 3.71. The first-order valence-corrected chi connectivity index (χ1v) is 4.36. The second kappa shape index (κ2) is 3.24. The summed E-state index contributed by atoms with van der Waals surface area (Å²) in [6.45, 7) is 8.06. The van der Waals surface area contributed by atoms with Gasteiger partial charge in [-0.2, -0.15) is 0 Å². The fraction of sp³-hybridized carbons (Fsp3) is 0.889. The van der Waals surface area contributed by atoms with Crippen LogP contribution in [0.15, 0.2) is 0 Å². The van der Waals surface area contributed by atoms with Crippen LogP contribution in [0.4, 0.5) is 0 Å². The van der Waals surface area contributed by atoms with Gasteiger partial charge in [0.2, 0.25) is 5.91 Å². The topological polar surface area (TPSA) is 20.3 Å². The van der Waals surface area contributed by atoms with Crippen molar-refractivity contribution in [3.05, 3.63) is 0 Å². The molecule has 1 amide bonds. The van der Waals surface area contributed by atoms with Gasteiger partial charge in [0, 0.05) is 20.0 Å². The molecular weight excluding hydrogens is 138 g/mol. The number of carbonyl (C=O) groups is 1. The molecule has 1 rings (SSSR count). The van der Waals surface area contributed by atoms with Crippen LogP contribution in [0.5, 0.6) is 0 Å². The standard InChI is InChI=1S/C9H17NO/c1-7-4-5-10(9(3)11)6-8(7)2/h7-8H,4-6H2,1-3H3/t7-,8+/m1/s1. The van der Waals surface area contributed by atoms with Crippen molar-refractivity contribution in [1.29, 1.82) is 0 Å². The Morgan fingerprint density at radius 3 is 2.45 bits per heavy atom. The maximum atomic E-state index is 11.0. The number of likely N-dealkylation sites (tertiary alicyclic amines) is 1. The molecule has 1 fully saturated rings. The number of amides is 1. The molecule has 0 aromatic heterocycles. The van der Waals surface area contributed by atoms with E-state index < -0.39 is 0 Å². The molecule has 1 aliphatic heterocycles. The highest BCUT2D eigenvalue weighted by molar-refractivity contribution is 5.73. The van der Waals surface area contributed by atoms with E-state index in [0.717, 1.165) is 19.0 Å². The molecular formula is C9H17NO. The van der Waals surface area contributed by atoms with Gasteiger partial charge in [-0.3, -0.25) is 4.79 Å². The predicted molar refractivity (Wildman–Crippen MR) is 45.2 cm³/mol. The summed E-state index contributed by atoms with van der Waals surface area (Å²) in [6.07, 6.45) is 1.17. The Hall–Kier alpha value is -0.530. The van der Waals surface area contributed by atoms with Crippen LogP contribution in [0, 0.1) is 11.8 Å². The SMILES string of the molecule is CC(=O)N1CC[C@@H](C)[C@@H](C)C1. The van der Waals surface area contributed by atoms with E-state index in [-0.39, 0.29) is 5.91 Å². The lowest BCUT2D eigenvalue weighted by atomic mass is 9.89. The van der Waals surface area contributed by atoms with E-state index in [1.165, 1.54) is 6.42 Å². The molecule has 0 unspecified atom stereocenters. The Bertz CT molecular complexity index is 156. The quantitative estimate of drug-likeness (QED) is 0.519. The largest absolute Gasteiger partial charge is 0.343 e. The monoisotopic (exact) mass is 155 g/mol. The lowest BCUT2D eigenvalue weighted by molar-refractivity contribution is -0.131. The van der Waals surface area contributed by atoms with Crippen molar-refractivity contribution in [2.45, 2.75) is 27.2 Å². The van der Waals surface area contributed by atoms with Crippen molar-refractivity contribution >= 4 is 5.91 Å². The molecule has 64 valence electrons. The molecule has 0 aliphatic carbocycles. The minimum Gasteiger partial charge on any atom is -0.343 e. The minimum absolute atomic E-state index is 0.226. The van der Waals surface area contributed by atoms with Crippen molar-refractivity contribution in [2.24, 2.45) is 11.8 Å². The molecule has 0 spiro atoms. The summed E-state index contributed by atoms with van der Waals surface area (Å²) in [4.78, 5) is 12.9. The van der Waals surface area contributed by atoms with E-state index in [1.807, 2.05) is 4.90 Å². The maximum Gasteiger partial charge on any atom is 0.219 e. The van der Waals surface area contributed by atoms with Gasteiger partial charge in [-0.1, -0.05) is 13.8 Å². The van der Waals surface area contributed by atoms with Crippen molar-refractivity contribution in [1.82, 2.24) is 4.90 Å². The number of carbonyl (C=O) groups excluding carboxylic acids is 1. The van der Waals surface area contributed by atoms with Crippen LogP contribution < -0.4 is 0 Å². The molecule has 0 bridgehead atoms. The number of hydrogen-bond acceptors (Lipinski definition) is 1. The molecule has 2 nitrogen and oxygen atoms in total. The summed E-state index contributed by atoms with van der Waals surface area (Å²) >= 11 is 0. The van der Waals surface area contributed by atoms with Crippen LogP contribution in [-0.4, -0.2) is 23.9 Å². The lowest BCUT2D eigenvalue weighted by Crippen LogP contribution is -2.40. The Labute approximate surface area is 68.6 Å². The molecule has 0 radical (unpaired) electrons. The van der Waals surface area contributed by atoms with Gasteiger partial charge < -0.3 is 4.90 Å². The van der Waals surface area contributed by atoms with Crippen LogP contribution in [0.25, 0.3) is 0 Å². The number of rotatable bonds is 0. The summed E-state index contributed by atoms with van der Waals surface area (Å²) in [5, 5.41) is 0. The van der Waals surface area contributed by atoms with Crippen LogP contribution in [-0.2, 0) is 4.79 Å². The fourth-order valence-corrected chi connectivity index (χ4v) is 1.55. The third-order valence-corrected chi connectivity index (χ3v) is 2.78. The first-order valence-electron chi connectivity index (χ1n) is 4.36. The molecule has 0 aromatic carbocycles. The van der Waals surface area contributed by atoms with Gasteiger partial charge in [-0.25, -0.2) is 0 Å². The van der Waals surface area contributed by atoms with Gasteiger partial charge in [-0.05, 0) is 18.3 Å². The van der Waals surface area contributed by atoms with Gasteiger partial charge in [-0.15, -0.1) is 0 Å². The van der Waals surface area contributed by atoms with E-state index in [1.54, 1.807) is 6.92 Å². The van der Waals surface area contributed by atoms with Crippen LogP contribution >= 0.6 is 0 Å². The zero-order valence-corrected chi connectivity index (χ0v) is 7.63. The van der Waals surface area contributed by atoms with Crippen molar-refractivity contribution < 1.29 is 4.79 Å². The van der Waals surface area contributed by atoms with E-state index in [4.69, 9.17) is 0 Å². The Morgan fingerprint density at radius 1 is 1.36 bits per heavy atom. The molecule has 0 N–H and O–H groups in total. The summed E-state index contributed by atoms with van der Waals surface area (Å²) in [5.41, 5.74) is 0. The maximum absolute atomic E-state index is 11.0. The summed E-state index contributed by atoms with van der Waals surface area (Å²) in [6, 6.07) is 0. The Kier molecular flexibility index (Phi) is 2.53. The zero-order chi connectivity index (χ0) is 8.43. The third-order valence-electron chi connectivity index (χ3n) is 2.78. The molecule has 1 heterocycles. The molecule has 1 aliphatic rings. The lowest BCUT2D eigenvalue weighted by Gasteiger charge is -2.34. The average molecular weight is 155 g/mol. The van der Waals surface area contributed by atoms with Gasteiger partial charge in [0.1, 0.15) is 0 Å². The van der Waals surface area contributed by atoms with E-state index in [0.29, 0.717) is 5.92 Å². The van der Waals surface area contributed by atoms with E-state index >= 15 is 0 Å². The highest BCUT2D eigenvalue weighted by atomic mass is 16.2. The molecule has 11 heavy (non-hydrogen) atoms. The molecule has 1 saturated heterocycles. The summed E-state index contributed by atoms with van der Waals surface area (Å²) in [5.74, 6) is 1.68. The minimum atomic E-state index is 0.226. The highest BCUT2D eigenvalue weighted by Gasteiger charge is 2.23. The van der Waals surface area contributed by atoms with Gasteiger partial charge in [0.05, 0.1) is 0 Å². The second-order valence-corrected chi connectivity index (χ2v) is 3.71. The molecule has 2 atom stereocenters.